The number of carbonyl (C=O) groups excluding carboxylic acids is 1. The van der Waals surface area contributed by atoms with Gasteiger partial charge in [0, 0.05) is 24.1 Å². The van der Waals surface area contributed by atoms with Crippen molar-refractivity contribution in [3.8, 4) is 0 Å². The first kappa shape index (κ1) is 15.5. The monoisotopic (exact) mass is 300 g/mol. The quantitative estimate of drug-likeness (QED) is 0.820. The van der Waals surface area contributed by atoms with E-state index >= 15 is 0 Å². The van der Waals surface area contributed by atoms with Crippen LogP contribution in [0, 0.1) is 5.41 Å². The Labute approximate surface area is 124 Å². The van der Waals surface area contributed by atoms with Crippen molar-refractivity contribution in [3.63, 3.8) is 0 Å². The standard InChI is InChI=1S/C14H24N2O3S/c1-14(2)5-3-4-10(8-14)15-13(19)16-6-7-20-9-11(16)12(17)18/h10-11H,3-9H2,1-2H3,(H,15,19)(H,17,18). The van der Waals surface area contributed by atoms with E-state index in [-0.39, 0.29) is 17.5 Å². The Morgan fingerprint density at radius 3 is 2.80 bits per heavy atom. The largest absolute Gasteiger partial charge is 0.480 e. The summed E-state index contributed by atoms with van der Waals surface area (Å²) in [5.74, 6) is 0.392. The van der Waals surface area contributed by atoms with Gasteiger partial charge < -0.3 is 15.3 Å². The molecular weight excluding hydrogens is 276 g/mol. The minimum Gasteiger partial charge on any atom is -0.480 e. The van der Waals surface area contributed by atoms with Gasteiger partial charge in [-0.25, -0.2) is 9.59 Å². The van der Waals surface area contributed by atoms with Gasteiger partial charge >= 0.3 is 12.0 Å². The number of rotatable bonds is 2. The maximum Gasteiger partial charge on any atom is 0.327 e. The maximum absolute atomic E-state index is 12.3. The molecule has 2 rings (SSSR count). The third-order valence-electron chi connectivity index (χ3n) is 4.21. The minimum atomic E-state index is -0.906. The van der Waals surface area contributed by atoms with Crippen LogP contribution < -0.4 is 5.32 Å². The summed E-state index contributed by atoms with van der Waals surface area (Å²) in [5, 5.41) is 12.3. The van der Waals surface area contributed by atoms with E-state index in [9.17, 15) is 14.7 Å². The number of nitrogens with zero attached hydrogens (tertiary/aromatic N) is 1. The van der Waals surface area contributed by atoms with Crippen LogP contribution in [0.4, 0.5) is 4.79 Å². The van der Waals surface area contributed by atoms with Gasteiger partial charge in [0.25, 0.3) is 0 Å². The molecule has 20 heavy (non-hydrogen) atoms. The molecule has 0 aromatic rings. The summed E-state index contributed by atoms with van der Waals surface area (Å²) in [5.41, 5.74) is 0.264. The highest BCUT2D eigenvalue weighted by atomic mass is 32.2. The van der Waals surface area contributed by atoms with Gasteiger partial charge in [0.2, 0.25) is 0 Å². The van der Waals surface area contributed by atoms with Crippen LogP contribution in [0.15, 0.2) is 0 Å². The Kier molecular flexibility index (Phi) is 4.83. The van der Waals surface area contributed by atoms with E-state index < -0.39 is 12.0 Å². The molecule has 2 atom stereocenters. The molecule has 2 amide bonds. The topological polar surface area (TPSA) is 69.6 Å². The fourth-order valence-electron chi connectivity index (χ4n) is 3.13. The molecule has 2 unspecified atom stereocenters. The Hall–Kier alpha value is -0.910. The highest BCUT2D eigenvalue weighted by molar-refractivity contribution is 7.99. The van der Waals surface area contributed by atoms with E-state index in [4.69, 9.17) is 0 Å². The molecular formula is C14H24N2O3S. The van der Waals surface area contributed by atoms with Crippen LogP contribution in [-0.4, -0.2) is 52.1 Å². The number of aliphatic carboxylic acids is 1. The molecule has 1 heterocycles. The summed E-state index contributed by atoms with van der Waals surface area (Å²) >= 11 is 1.60. The van der Waals surface area contributed by atoms with Crippen LogP contribution in [-0.2, 0) is 4.79 Å². The zero-order valence-electron chi connectivity index (χ0n) is 12.2. The first-order valence-corrected chi connectivity index (χ1v) is 8.42. The van der Waals surface area contributed by atoms with Crippen molar-refractivity contribution in [1.82, 2.24) is 10.2 Å². The highest BCUT2D eigenvalue weighted by Crippen LogP contribution is 2.35. The predicted molar refractivity (Wildman–Crippen MR) is 80.0 cm³/mol. The lowest BCUT2D eigenvalue weighted by atomic mass is 9.75. The number of hydrogen-bond donors (Lipinski definition) is 2. The molecule has 2 N–H and O–H groups in total. The molecule has 1 saturated carbocycles. The van der Waals surface area contributed by atoms with E-state index in [1.165, 1.54) is 11.3 Å². The van der Waals surface area contributed by atoms with Gasteiger partial charge in [-0.3, -0.25) is 0 Å². The summed E-state index contributed by atoms with van der Waals surface area (Å²) in [6.45, 7) is 4.97. The average molecular weight is 300 g/mol. The Balaban J connectivity index is 1.94. The fraction of sp³-hybridized carbons (Fsp3) is 0.857. The fourth-order valence-corrected chi connectivity index (χ4v) is 4.17. The lowest BCUT2D eigenvalue weighted by Crippen LogP contribution is -2.56. The van der Waals surface area contributed by atoms with Crippen molar-refractivity contribution in [2.45, 2.75) is 51.6 Å². The Morgan fingerprint density at radius 2 is 2.15 bits per heavy atom. The number of carbonyl (C=O) groups is 2. The average Bonchev–Trinajstić information content (AvgIpc) is 2.37. The zero-order chi connectivity index (χ0) is 14.8. The van der Waals surface area contributed by atoms with Gasteiger partial charge in [0.1, 0.15) is 6.04 Å². The second-order valence-corrected chi connectivity index (χ2v) is 7.68. The Bertz CT molecular complexity index is 387. The van der Waals surface area contributed by atoms with E-state index in [1.807, 2.05) is 0 Å². The molecule has 0 aromatic heterocycles. The molecule has 0 bridgehead atoms. The van der Waals surface area contributed by atoms with Crippen molar-refractivity contribution < 1.29 is 14.7 Å². The van der Waals surface area contributed by atoms with Crippen LogP contribution in [0.1, 0.15) is 39.5 Å². The van der Waals surface area contributed by atoms with E-state index in [2.05, 4.69) is 19.2 Å². The van der Waals surface area contributed by atoms with Crippen LogP contribution in [0.3, 0.4) is 0 Å². The first-order chi connectivity index (χ1) is 9.39. The maximum atomic E-state index is 12.3. The molecule has 0 aromatic carbocycles. The van der Waals surface area contributed by atoms with Crippen LogP contribution >= 0.6 is 11.8 Å². The van der Waals surface area contributed by atoms with Crippen molar-refractivity contribution in [2.75, 3.05) is 18.1 Å². The molecule has 5 nitrogen and oxygen atoms in total. The summed E-state index contributed by atoms with van der Waals surface area (Å²) in [4.78, 5) is 25.1. The SMILES string of the molecule is CC1(C)CCCC(NC(=O)N2CCSCC2C(=O)O)C1. The first-order valence-electron chi connectivity index (χ1n) is 7.27. The second-order valence-electron chi connectivity index (χ2n) is 6.53. The molecule has 0 spiro atoms. The summed E-state index contributed by atoms with van der Waals surface area (Å²) in [6, 6.07) is -0.721. The van der Waals surface area contributed by atoms with Crippen molar-refractivity contribution in [2.24, 2.45) is 5.41 Å². The van der Waals surface area contributed by atoms with Crippen molar-refractivity contribution in [3.05, 3.63) is 0 Å². The smallest absolute Gasteiger partial charge is 0.327 e. The summed E-state index contributed by atoms with van der Waals surface area (Å²) < 4.78 is 0. The van der Waals surface area contributed by atoms with Crippen LogP contribution in [0.25, 0.3) is 0 Å². The number of thioether (sulfide) groups is 1. The number of carboxylic acids is 1. The zero-order valence-corrected chi connectivity index (χ0v) is 13.0. The lowest BCUT2D eigenvalue weighted by molar-refractivity contribution is -0.141. The van der Waals surface area contributed by atoms with E-state index in [0.717, 1.165) is 25.0 Å². The molecule has 2 aliphatic rings. The van der Waals surface area contributed by atoms with Crippen molar-refractivity contribution >= 4 is 23.8 Å². The lowest BCUT2D eigenvalue weighted by Gasteiger charge is -2.38. The Morgan fingerprint density at radius 1 is 1.40 bits per heavy atom. The molecule has 114 valence electrons. The normalized spacial score (nSPS) is 29.8. The van der Waals surface area contributed by atoms with E-state index in [0.29, 0.717) is 12.3 Å². The molecule has 1 aliphatic heterocycles. The molecule has 6 heteroatoms. The van der Waals surface area contributed by atoms with Gasteiger partial charge in [0.15, 0.2) is 0 Å². The number of urea groups is 1. The second kappa shape index (κ2) is 6.24. The van der Waals surface area contributed by atoms with Crippen LogP contribution in [0.2, 0.25) is 0 Å². The third kappa shape index (κ3) is 3.81. The van der Waals surface area contributed by atoms with Crippen molar-refractivity contribution in [1.29, 1.82) is 0 Å². The molecule has 1 saturated heterocycles. The third-order valence-corrected chi connectivity index (χ3v) is 5.23. The summed E-state index contributed by atoms with van der Waals surface area (Å²) in [7, 11) is 0. The van der Waals surface area contributed by atoms with Gasteiger partial charge in [-0.05, 0) is 24.7 Å². The molecule has 2 fully saturated rings. The van der Waals surface area contributed by atoms with Gasteiger partial charge in [-0.2, -0.15) is 11.8 Å². The number of amides is 2. The van der Waals surface area contributed by atoms with Gasteiger partial charge in [-0.15, -0.1) is 0 Å². The number of hydrogen-bond acceptors (Lipinski definition) is 3. The number of carboxylic acid groups (broad SMARTS) is 1. The molecule has 0 radical (unpaired) electrons. The van der Waals surface area contributed by atoms with E-state index in [1.54, 1.807) is 11.8 Å². The van der Waals surface area contributed by atoms with Gasteiger partial charge in [-0.1, -0.05) is 20.3 Å². The molecule has 1 aliphatic carbocycles. The number of nitrogens with one attached hydrogen (secondary N) is 1. The summed E-state index contributed by atoms with van der Waals surface area (Å²) in [6.07, 6.45) is 4.28. The predicted octanol–water partition coefficient (Wildman–Crippen LogP) is 2.17. The highest BCUT2D eigenvalue weighted by Gasteiger charge is 2.35. The minimum absolute atomic E-state index is 0.176. The van der Waals surface area contributed by atoms with Gasteiger partial charge in [0.05, 0.1) is 0 Å². The van der Waals surface area contributed by atoms with Crippen LogP contribution in [0.5, 0.6) is 0 Å².